The van der Waals surface area contributed by atoms with Crippen LogP contribution in [0.2, 0.25) is 0 Å². The Morgan fingerprint density at radius 3 is 2.34 bits per heavy atom. The first-order chi connectivity index (χ1) is 17.9. The molecule has 0 saturated carbocycles. The molecular weight excluding hydrogens is 533 g/mol. The number of hydrogen-bond donors (Lipinski definition) is 2. The quantitative estimate of drug-likeness (QED) is 0.308. The average molecular weight is 564 g/mol. The molecule has 0 aliphatic rings. The van der Waals surface area contributed by atoms with Gasteiger partial charge in [0.15, 0.2) is 15.7 Å². The summed E-state index contributed by atoms with van der Waals surface area (Å²) in [7, 11) is -6.20. The van der Waals surface area contributed by atoms with Crippen molar-refractivity contribution >= 4 is 28.9 Å². The van der Waals surface area contributed by atoms with E-state index in [1.165, 1.54) is 55.5 Å². The summed E-state index contributed by atoms with van der Waals surface area (Å²) in [6, 6.07) is 10.3. The highest BCUT2D eigenvalue weighted by atomic mass is 32.2. The Balaban J connectivity index is 1.81. The topological polar surface area (TPSA) is 154 Å². The third kappa shape index (κ3) is 8.63. The maximum atomic E-state index is 13.0. The van der Waals surface area contributed by atoms with Gasteiger partial charge in [-0.2, -0.15) is 0 Å². The Hall–Kier alpha value is -3.31. The lowest BCUT2D eigenvalue weighted by atomic mass is 10.2. The summed E-state index contributed by atoms with van der Waals surface area (Å²) in [6.45, 7) is 5.04. The Morgan fingerprint density at radius 1 is 1.08 bits per heavy atom. The zero-order valence-corrected chi connectivity index (χ0v) is 23.2. The van der Waals surface area contributed by atoms with Crippen LogP contribution in [0.25, 0.3) is 0 Å². The van der Waals surface area contributed by atoms with E-state index < -0.39 is 29.2 Å². The number of nitrogens with one attached hydrogen (secondary N) is 1. The predicted octanol–water partition coefficient (Wildman–Crippen LogP) is 4.13. The minimum absolute atomic E-state index is 0.121. The van der Waals surface area contributed by atoms with Crippen molar-refractivity contribution in [1.82, 2.24) is 9.97 Å². The van der Waals surface area contributed by atoms with E-state index >= 15 is 0 Å². The molecule has 2 atom stereocenters. The van der Waals surface area contributed by atoms with Gasteiger partial charge >= 0.3 is 0 Å². The summed E-state index contributed by atoms with van der Waals surface area (Å²) in [5.74, 6) is 0.522. The van der Waals surface area contributed by atoms with E-state index in [1.807, 2.05) is 0 Å². The number of amides is 1. The Kier molecular flexibility index (Phi) is 9.61. The van der Waals surface area contributed by atoms with Crippen LogP contribution < -0.4 is 14.8 Å². The van der Waals surface area contributed by atoms with E-state index in [0.717, 1.165) is 6.26 Å². The molecule has 3 rings (SSSR count). The van der Waals surface area contributed by atoms with Crippen LogP contribution in [0.3, 0.4) is 0 Å². The molecule has 0 fully saturated rings. The predicted molar refractivity (Wildman–Crippen MR) is 142 cm³/mol. The van der Waals surface area contributed by atoms with Gasteiger partial charge in [-0.05, 0) is 50.2 Å². The zero-order valence-electron chi connectivity index (χ0n) is 21.4. The molecule has 2 aromatic carbocycles. The van der Waals surface area contributed by atoms with Crippen molar-refractivity contribution in [3.8, 4) is 17.2 Å². The van der Waals surface area contributed by atoms with Crippen molar-refractivity contribution in [1.29, 1.82) is 0 Å². The Morgan fingerprint density at radius 2 is 1.76 bits per heavy atom. The second-order valence-corrected chi connectivity index (χ2v) is 13.2. The van der Waals surface area contributed by atoms with Gasteiger partial charge in [-0.25, -0.2) is 13.4 Å². The fourth-order valence-corrected chi connectivity index (χ4v) is 5.31. The van der Waals surface area contributed by atoms with Crippen molar-refractivity contribution in [2.24, 2.45) is 0 Å². The van der Waals surface area contributed by atoms with Crippen LogP contribution in [0.4, 0.5) is 5.82 Å². The molecule has 13 heteroatoms. The van der Waals surface area contributed by atoms with Gasteiger partial charge in [0, 0.05) is 24.6 Å². The van der Waals surface area contributed by atoms with E-state index in [2.05, 4.69) is 15.3 Å². The number of hydrogen-bond acceptors (Lipinski definition) is 10. The van der Waals surface area contributed by atoms with Crippen LogP contribution in [-0.2, 0) is 25.1 Å². The molecule has 38 heavy (non-hydrogen) atoms. The van der Waals surface area contributed by atoms with Crippen LogP contribution in [0.1, 0.15) is 29.9 Å². The number of aliphatic hydroxyl groups excluding tert-OH is 1. The lowest BCUT2D eigenvalue weighted by Gasteiger charge is -2.15. The number of carbonyl (C=O) groups is 1. The van der Waals surface area contributed by atoms with Gasteiger partial charge in [0.25, 0.3) is 5.91 Å². The number of aliphatic hydroxyl groups is 1. The monoisotopic (exact) mass is 563 g/mol. The smallest absolute Gasteiger partial charge is 0.257 e. The third-order valence-electron chi connectivity index (χ3n) is 5.02. The molecule has 0 aliphatic heterocycles. The minimum atomic E-state index is -3.36. The first-order valence-corrected chi connectivity index (χ1v) is 15.8. The van der Waals surface area contributed by atoms with Gasteiger partial charge in [-0.15, -0.1) is 0 Å². The van der Waals surface area contributed by atoms with Crippen molar-refractivity contribution in [3.63, 3.8) is 0 Å². The van der Waals surface area contributed by atoms with Gasteiger partial charge in [0.05, 0.1) is 42.4 Å². The van der Waals surface area contributed by atoms with E-state index in [1.54, 1.807) is 19.9 Å². The van der Waals surface area contributed by atoms with Gasteiger partial charge in [-0.1, -0.05) is 0 Å². The number of anilines is 1. The van der Waals surface area contributed by atoms with Crippen molar-refractivity contribution in [3.05, 3.63) is 66.1 Å². The van der Waals surface area contributed by atoms with Crippen LogP contribution in [0.5, 0.6) is 17.2 Å². The number of ether oxygens (including phenoxy) is 2. The Bertz CT molecular complexity index is 1410. The molecule has 0 bridgehead atoms. The highest BCUT2D eigenvalue weighted by Crippen LogP contribution is 2.45. The largest absolute Gasteiger partial charge is 0.488 e. The molecule has 2 N–H and O–H groups in total. The first kappa shape index (κ1) is 29.2. The fraction of sp³-hybridized carbons (Fsp3) is 0.320. The summed E-state index contributed by atoms with van der Waals surface area (Å²) < 4.78 is 52.5. The van der Waals surface area contributed by atoms with Crippen LogP contribution in [0.15, 0.2) is 59.8 Å². The van der Waals surface area contributed by atoms with Gasteiger partial charge in [0.1, 0.15) is 23.4 Å². The second-order valence-electron chi connectivity index (χ2n) is 8.59. The maximum Gasteiger partial charge on any atom is 0.257 e. The SMILES string of the molecule is CCOP(C)(=O)Cc1cnc(NC(=O)c2cc(Oc3ccc(S(C)(=O)=O)cc3)cc(O[C@@H](C)CO)c2)cn1. The number of carbonyl (C=O) groups excluding carboxylic acids is 1. The molecule has 0 aliphatic carbocycles. The van der Waals surface area contributed by atoms with Crippen LogP contribution >= 0.6 is 7.37 Å². The van der Waals surface area contributed by atoms with E-state index in [-0.39, 0.29) is 40.5 Å². The van der Waals surface area contributed by atoms with E-state index in [0.29, 0.717) is 18.1 Å². The number of benzene rings is 2. The summed E-state index contributed by atoms with van der Waals surface area (Å²) in [5, 5.41) is 12.0. The van der Waals surface area contributed by atoms with Crippen molar-refractivity contribution in [2.75, 3.05) is 31.5 Å². The molecule has 11 nitrogen and oxygen atoms in total. The molecule has 204 valence electrons. The molecule has 0 spiro atoms. The second kappa shape index (κ2) is 12.5. The standard InChI is InChI=1S/C25H30N3O8PS/c1-5-34-37(3,31)16-19-13-27-24(14-26-19)28-25(30)18-10-21(35-17(2)15-29)12-22(11-18)36-20-6-8-23(9-7-20)38(4,32)33/h6-14,17,29H,5,15-16H2,1-4H3,(H,27,28,30)/t17-,37?/m0/s1. The summed E-state index contributed by atoms with van der Waals surface area (Å²) in [4.78, 5) is 21.5. The number of aromatic nitrogens is 2. The first-order valence-electron chi connectivity index (χ1n) is 11.6. The van der Waals surface area contributed by atoms with Crippen molar-refractivity contribution in [2.45, 2.75) is 31.0 Å². The summed E-state index contributed by atoms with van der Waals surface area (Å²) >= 11 is 0. The van der Waals surface area contributed by atoms with Gasteiger partial charge < -0.3 is 24.4 Å². The average Bonchev–Trinajstić information content (AvgIpc) is 2.84. The minimum Gasteiger partial charge on any atom is -0.488 e. The zero-order chi connectivity index (χ0) is 27.9. The number of sulfone groups is 1. The highest BCUT2D eigenvalue weighted by molar-refractivity contribution is 7.90. The maximum absolute atomic E-state index is 13.0. The fourth-order valence-electron chi connectivity index (χ4n) is 3.29. The summed E-state index contributed by atoms with van der Waals surface area (Å²) in [6.07, 6.45) is 3.46. The molecule has 0 saturated heterocycles. The molecule has 3 aromatic rings. The molecular formula is C25H30N3O8PS. The molecule has 0 radical (unpaired) electrons. The van der Waals surface area contributed by atoms with E-state index in [9.17, 15) is 22.9 Å². The van der Waals surface area contributed by atoms with Gasteiger partial charge in [-0.3, -0.25) is 14.3 Å². The van der Waals surface area contributed by atoms with Crippen LogP contribution in [-0.4, -0.2) is 61.6 Å². The lowest BCUT2D eigenvalue weighted by molar-refractivity contribution is 0.102. The van der Waals surface area contributed by atoms with E-state index in [4.69, 9.17) is 14.0 Å². The normalized spacial score (nSPS) is 13.8. The number of rotatable bonds is 12. The molecule has 1 aromatic heterocycles. The lowest BCUT2D eigenvalue weighted by Crippen LogP contribution is -2.17. The Labute approximate surface area is 221 Å². The summed E-state index contributed by atoms with van der Waals surface area (Å²) in [5.41, 5.74) is 0.643. The van der Waals surface area contributed by atoms with Gasteiger partial charge in [0.2, 0.25) is 7.37 Å². The molecule has 1 unspecified atom stereocenters. The number of nitrogens with zero attached hydrogens (tertiary/aromatic N) is 2. The van der Waals surface area contributed by atoms with Crippen molar-refractivity contribution < 1.29 is 36.9 Å². The third-order valence-corrected chi connectivity index (χ3v) is 7.85. The molecule has 1 heterocycles. The van der Waals surface area contributed by atoms with Crippen LogP contribution in [0, 0.1) is 0 Å². The highest BCUT2D eigenvalue weighted by Gasteiger charge is 2.18. The molecule has 1 amide bonds.